The maximum Gasteiger partial charge on any atom is 0.342 e. The molecule has 2 saturated heterocycles. The van der Waals surface area contributed by atoms with Crippen LogP contribution in [0.5, 0.6) is 167 Å². The first kappa shape index (κ1) is 82.2. The molecule has 0 aliphatic carbocycles. The molecule has 640 valence electrons. The summed E-state index contributed by atoms with van der Waals surface area (Å²) in [5, 5.41) is 291. The molecule has 10 atom stereocenters. The Morgan fingerprint density at radius 1 is 0.276 bits per heavy atom. The van der Waals surface area contributed by atoms with Crippen LogP contribution in [0.25, 0.3) is 22.3 Å². The lowest BCUT2D eigenvalue weighted by Gasteiger charge is -2.43. The molecule has 0 radical (unpaired) electrons. The molecule has 0 amide bonds. The number of aromatic hydroxyl groups is 25. The molecule has 0 spiro atoms. The van der Waals surface area contributed by atoms with E-state index in [2.05, 4.69) is 0 Å². The van der Waals surface area contributed by atoms with Gasteiger partial charge in [0.05, 0.1) is 38.9 Å². The summed E-state index contributed by atoms with van der Waals surface area (Å²) in [6.07, 6.45) is -28.9. The number of hydrogen-bond donors (Lipinski definition) is 26. The van der Waals surface area contributed by atoms with E-state index in [1.165, 1.54) is 0 Å². The minimum Gasteiger partial charge on any atom is -0.504 e. The number of cyclic esters (lactones) is 1. The standard InChI is InChI=1S/C75H52O48/c76-24-1-15(2-25(77)42(24)86)65(101)119-61-59-36-13-111-68(104)18-7-30(82)45(89)51(95)38(18)41-21(71(107)117-59)12-35(50(94)54(41)98)114-58-23(10-33(85)48(92)56(58)100)73(109)122-64-62(120-66(102)16-3-26(78)43(87)27(79)4-16)60-37(116-75(64)123-67(103)17-5-28(80)44(88)29(81)6-17)14-112-69(105)20-11-34(49(93)53(97)40(20)39-19(70(106)118-60)8-31(83)46(90)52(39)96)113-57-22(9-32(84)47(91)55(57)99)72(108)121-63(61)74(110)115-36/h1-12,36-37,59-64,74-100,110H,13-14H2/t36-,37-,59-,60-,61+,62+,63-,64-,74-,75+/m1/s1. The van der Waals surface area contributed by atoms with E-state index in [0.717, 1.165) is 0 Å². The van der Waals surface area contributed by atoms with Crippen LogP contribution in [0.2, 0.25) is 0 Å². The smallest absolute Gasteiger partial charge is 0.342 e. The van der Waals surface area contributed by atoms with Gasteiger partial charge in [-0.3, -0.25) is 0 Å². The lowest BCUT2D eigenvalue weighted by atomic mass is 9.91. The van der Waals surface area contributed by atoms with Gasteiger partial charge in [-0.25, -0.2) is 43.2 Å². The molecule has 48 nitrogen and oxygen atoms in total. The fourth-order valence-electron chi connectivity index (χ4n) is 13.2. The first-order chi connectivity index (χ1) is 58.0. The molecule has 9 aromatic rings. The monoisotopic (exact) mass is 1720 g/mol. The van der Waals surface area contributed by atoms with E-state index < -0.39 is 367 Å². The van der Waals surface area contributed by atoms with Crippen molar-refractivity contribution < 1.29 is 237 Å². The third kappa shape index (κ3) is 14.0. The number of ether oxygens (including phenoxy) is 13. The second kappa shape index (κ2) is 30.3. The molecule has 123 heavy (non-hydrogen) atoms. The van der Waals surface area contributed by atoms with Gasteiger partial charge in [0.15, 0.2) is 158 Å². The summed E-state index contributed by atoms with van der Waals surface area (Å²) in [7, 11) is 0. The van der Waals surface area contributed by atoms with Crippen LogP contribution in [0, 0.1) is 0 Å². The molecule has 48 heteroatoms. The Morgan fingerprint density at radius 3 is 0.919 bits per heavy atom. The summed E-state index contributed by atoms with van der Waals surface area (Å²) in [5.41, 5.74) is -17.9. The second-order valence-corrected chi connectivity index (χ2v) is 26.7. The highest BCUT2D eigenvalue weighted by Crippen LogP contribution is 2.59. The van der Waals surface area contributed by atoms with E-state index in [4.69, 9.17) is 61.6 Å². The minimum atomic E-state index is -3.14. The van der Waals surface area contributed by atoms with Crippen LogP contribution in [-0.4, -0.2) is 261 Å². The van der Waals surface area contributed by atoms with Crippen LogP contribution in [0.1, 0.15) is 93.2 Å². The van der Waals surface area contributed by atoms with Gasteiger partial charge in [0.2, 0.25) is 58.4 Å². The number of rotatable bonds is 6. The number of phenols is 25. The average Bonchev–Trinajstić information content (AvgIpc) is 1.72. The van der Waals surface area contributed by atoms with Crippen molar-refractivity contribution in [3.8, 4) is 189 Å². The van der Waals surface area contributed by atoms with E-state index in [9.17, 15) is 152 Å². The predicted octanol–water partition coefficient (Wildman–Crippen LogP) is 3.15. The highest BCUT2D eigenvalue weighted by atomic mass is 16.8. The van der Waals surface area contributed by atoms with Crippen LogP contribution in [0.3, 0.4) is 0 Å². The number of esters is 9. The Kier molecular flexibility index (Phi) is 20.3. The van der Waals surface area contributed by atoms with Crippen molar-refractivity contribution >= 4 is 53.7 Å². The largest absolute Gasteiger partial charge is 0.504 e. The molecule has 0 unspecified atom stereocenters. The number of benzene rings is 9. The van der Waals surface area contributed by atoms with Crippen LogP contribution in [0.15, 0.2) is 72.8 Å². The van der Waals surface area contributed by atoms with Crippen LogP contribution < -0.4 is 9.47 Å². The van der Waals surface area contributed by atoms with Gasteiger partial charge < -0.3 is 194 Å². The van der Waals surface area contributed by atoms with Crippen molar-refractivity contribution in [1.82, 2.24) is 0 Å². The second-order valence-electron chi connectivity index (χ2n) is 26.7. The summed E-state index contributed by atoms with van der Waals surface area (Å²) >= 11 is 0. The highest BCUT2D eigenvalue weighted by molar-refractivity contribution is 6.11. The summed E-state index contributed by atoms with van der Waals surface area (Å²) < 4.78 is 74.4. The molecular weight excluding hydrogens is 1670 g/mol. The van der Waals surface area contributed by atoms with E-state index in [1.54, 1.807) is 0 Å². The number of phenolic OH excluding ortho intramolecular Hbond substituents is 25. The first-order valence-electron chi connectivity index (χ1n) is 34.2. The van der Waals surface area contributed by atoms with E-state index in [1.807, 2.05) is 0 Å². The third-order valence-electron chi connectivity index (χ3n) is 19.2. The summed E-state index contributed by atoms with van der Waals surface area (Å²) in [5.74, 6) is -64.8. The van der Waals surface area contributed by atoms with Gasteiger partial charge in [0, 0.05) is 46.5 Å². The summed E-state index contributed by atoms with van der Waals surface area (Å²) in [4.78, 5) is 136. The Bertz CT molecular complexity index is 6070. The quantitative estimate of drug-likeness (QED) is 0.0646. The van der Waals surface area contributed by atoms with Crippen molar-refractivity contribution in [3.05, 3.63) is 123 Å². The Hall–Kier alpha value is -17.3. The molecule has 6 heterocycles. The molecule has 0 aromatic heterocycles. The summed E-state index contributed by atoms with van der Waals surface area (Å²) in [6, 6.07) is 3.25. The molecule has 6 aliphatic heterocycles. The number of aliphatic hydroxyl groups excluding tert-OH is 1. The van der Waals surface area contributed by atoms with Crippen molar-refractivity contribution in [2.24, 2.45) is 0 Å². The zero-order valence-electron chi connectivity index (χ0n) is 60.2. The van der Waals surface area contributed by atoms with Gasteiger partial charge in [0.1, 0.15) is 36.5 Å². The molecule has 9 aromatic carbocycles. The zero-order chi connectivity index (χ0) is 89.3. The first-order valence-corrected chi connectivity index (χ1v) is 34.2. The van der Waals surface area contributed by atoms with E-state index >= 15 is 24.0 Å². The maximum atomic E-state index is 15.7. The molecule has 26 N–H and O–H groups in total. The number of fused-ring (bicyclic) bond motifs is 7. The summed E-state index contributed by atoms with van der Waals surface area (Å²) in [6.45, 7) is -3.19. The third-order valence-corrected chi connectivity index (χ3v) is 19.2. The van der Waals surface area contributed by atoms with E-state index in [0.29, 0.717) is 36.4 Å². The van der Waals surface area contributed by atoms with Gasteiger partial charge in [-0.05, 0) is 48.5 Å². The fraction of sp³-hybridized carbons (Fsp3) is 0.160. The Morgan fingerprint density at radius 2 is 0.545 bits per heavy atom. The van der Waals surface area contributed by atoms with E-state index in [-0.39, 0.29) is 36.4 Å². The fourth-order valence-corrected chi connectivity index (χ4v) is 13.2. The number of hydrogen-bond acceptors (Lipinski definition) is 48. The van der Waals surface area contributed by atoms with Gasteiger partial charge in [0.25, 0.3) is 0 Å². The van der Waals surface area contributed by atoms with Gasteiger partial charge in [-0.15, -0.1) is 0 Å². The van der Waals surface area contributed by atoms with Crippen LogP contribution >= 0.6 is 0 Å². The van der Waals surface area contributed by atoms with Crippen molar-refractivity contribution in [2.75, 3.05) is 13.2 Å². The van der Waals surface area contributed by atoms with Crippen molar-refractivity contribution in [2.45, 2.75) is 61.4 Å². The number of aliphatic hydroxyl groups is 1. The van der Waals surface area contributed by atoms with Crippen LogP contribution in [0.4, 0.5) is 0 Å². The van der Waals surface area contributed by atoms with Crippen LogP contribution in [-0.2, 0) is 52.1 Å². The lowest BCUT2D eigenvalue weighted by molar-refractivity contribution is -0.284. The SMILES string of the molecule is O=C(O[C@@H]1O[C@@H]2COC(=O)c3cc4c(O)c(O)c3-c3c(cc(O)c(O)c3O)C(=O)O[C@H]2[C@H](OC(=O)c2cc(O)c(O)c(O)c2)[C@H]1OC(=O)c1cc(O)c(O)c(O)c1Oc1cc2c(c(O)c1O)-c1c(cc(O)c(O)c1O)C(=O)OC[C@H]1O[C@@H](O)[C@H](OC(=O)c3cc(O)c(O)c(O)c3O4)[C@@H](OC(=O)c3cc(O)c(O)c(O)c3)[C@@H]1OC2=O)c1cc(O)c(O)c(O)c1. The Balaban J connectivity index is 1.05. The highest BCUT2D eigenvalue weighted by Gasteiger charge is 2.58. The maximum absolute atomic E-state index is 15.7. The lowest BCUT2D eigenvalue weighted by Crippen LogP contribution is -2.63. The molecule has 0 saturated carbocycles. The molecule has 9 bridgehead atoms. The normalized spacial score (nSPS) is 20.5. The molecule has 15 rings (SSSR count). The Labute approximate surface area is 675 Å². The molecule has 6 aliphatic rings. The topological polar surface area (TPSA) is 800 Å². The average molecular weight is 1720 g/mol. The van der Waals surface area contributed by atoms with Gasteiger partial charge in [-0.2, -0.15) is 0 Å². The number of carbonyl (C=O) groups is 9. The zero-order valence-corrected chi connectivity index (χ0v) is 60.2. The van der Waals surface area contributed by atoms with Gasteiger partial charge in [-0.1, -0.05) is 0 Å². The molecular formula is C75H52O48. The number of carbonyl (C=O) groups excluding carboxylic acids is 9. The predicted molar refractivity (Wildman–Crippen MR) is 378 cm³/mol. The van der Waals surface area contributed by atoms with Gasteiger partial charge >= 0.3 is 53.7 Å². The molecule has 2 fully saturated rings. The van der Waals surface area contributed by atoms with Crippen molar-refractivity contribution in [3.63, 3.8) is 0 Å². The van der Waals surface area contributed by atoms with Crippen molar-refractivity contribution in [1.29, 1.82) is 0 Å². The minimum absolute atomic E-state index is 0.0750.